The molecule has 0 aliphatic carbocycles. The van der Waals surface area contributed by atoms with Crippen molar-refractivity contribution in [2.45, 2.75) is 6.04 Å². The summed E-state index contributed by atoms with van der Waals surface area (Å²) in [4.78, 5) is 0. The first-order chi connectivity index (χ1) is 2.41. The van der Waals surface area contributed by atoms with Crippen molar-refractivity contribution in [1.29, 1.82) is 0 Å². The summed E-state index contributed by atoms with van der Waals surface area (Å²) in [5.41, 5.74) is 0. The van der Waals surface area contributed by atoms with Gasteiger partial charge in [-0.25, -0.2) is 0 Å². The van der Waals surface area contributed by atoms with Crippen LogP contribution in [0.4, 0.5) is 0 Å². The smallest absolute Gasteiger partial charge is 0.114 e. The van der Waals surface area contributed by atoms with Gasteiger partial charge in [-0.05, 0) is 6.04 Å². The van der Waals surface area contributed by atoms with E-state index in [0.717, 1.165) is 6.04 Å². The zero-order valence-corrected chi connectivity index (χ0v) is 4.30. The highest BCUT2D eigenvalue weighted by Crippen LogP contribution is 1.66. The molecule has 0 heterocycles. The van der Waals surface area contributed by atoms with Crippen LogP contribution in [-0.2, 0) is 0 Å². The first kappa shape index (κ1) is 4.92. The fourth-order valence-electron chi connectivity index (χ4n) is 0.0962. The lowest BCUT2D eigenvalue weighted by atomic mass is 10.8. The monoisotopic (exact) mass is 86.0 g/mol. The fourth-order valence-corrected chi connectivity index (χ4v) is 0.289. The lowest BCUT2D eigenvalue weighted by molar-refractivity contribution is 1.66. The highest BCUT2D eigenvalue weighted by molar-refractivity contribution is 6.31. The zero-order valence-electron chi connectivity index (χ0n) is 3.15. The van der Waals surface area contributed by atoms with Gasteiger partial charge >= 0.3 is 0 Å². The van der Waals surface area contributed by atoms with E-state index in [2.05, 4.69) is 6.58 Å². The van der Waals surface area contributed by atoms with Gasteiger partial charge in [0.2, 0.25) is 0 Å². The molecule has 0 fully saturated rings. The third-order valence-electron chi connectivity index (χ3n) is 0.303. The summed E-state index contributed by atoms with van der Waals surface area (Å²) in [5, 5.41) is 5.15. The maximum absolute atomic E-state index is 5.15. The molecule has 0 unspecified atom stereocenters. The quantitative estimate of drug-likeness (QED) is 0.368. The highest BCUT2D eigenvalue weighted by Gasteiger charge is 1.64. The Morgan fingerprint density at radius 1 is 2.00 bits per heavy atom. The van der Waals surface area contributed by atoms with E-state index < -0.39 is 0 Å². The van der Waals surface area contributed by atoms with Crippen LogP contribution < -0.4 is 5.40 Å². The van der Waals surface area contributed by atoms with Gasteiger partial charge in [0.15, 0.2) is 0 Å². The highest BCUT2D eigenvalue weighted by atomic mass is 28.2. The van der Waals surface area contributed by atoms with Gasteiger partial charge < -0.3 is 5.40 Å². The van der Waals surface area contributed by atoms with Crippen molar-refractivity contribution in [3.63, 3.8) is 0 Å². The van der Waals surface area contributed by atoms with Gasteiger partial charge in [-0.3, -0.25) is 0 Å². The van der Waals surface area contributed by atoms with Crippen LogP contribution in [0.15, 0.2) is 12.7 Å². The van der Waals surface area contributed by atoms with Crippen LogP contribution in [0.5, 0.6) is 0 Å². The third-order valence-corrected chi connectivity index (χ3v) is 0.908. The van der Waals surface area contributed by atoms with Crippen LogP contribution in [0.25, 0.3) is 0 Å². The van der Waals surface area contributed by atoms with Crippen molar-refractivity contribution in [2.75, 3.05) is 0 Å². The molecule has 0 bridgehead atoms. The first-order valence-corrected chi connectivity index (χ1v) is 3.04. The van der Waals surface area contributed by atoms with Gasteiger partial charge in [-0.1, -0.05) is 6.08 Å². The number of hydrogen-bond acceptors (Lipinski definition) is 1. The molecule has 0 aromatic heterocycles. The Morgan fingerprint density at radius 3 is 2.60 bits per heavy atom. The van der Waals surface area contributed by atoms with Crippen LogP contribution in [-0.4, -0.2) is 9.68 Å². The molecular formula is C3H8NSi. The van der Waals surface area contributed by atoms with E-state index >= 15 is 0 Å². The Hall–Kier alpha value is -0.0831. The van der Waals surface area contributed by atoms with Gasteiger partial charge in [0, 0.05) is 0 Å². The molecule has 2 heteroatoms. The minimum Gasteiger partial charge on any atom is -0.354 e. The maximum atomic E-state index is 5.15. The number of hydrogen-bond donors (Lipinski definition) is 1. The summed E-state index contributed by atoms with van der Waals surface area (Å²) in [5.74, 6) is 0. The largest absolute Gasteiger partial charge is 0.354 e. The van der Waals surface area contributed by atoms with Gasteiger partial charge in [0.1, 0.15) is 9.68 Å². The van der Waals surface area contributed by atoms with Crippen molar-refractivity contribution < 1.29 is 0 Å². The fraction of sp³-hybridized carbons (Fsp3) is 0.333. The normalized spacial score (nSPS) is 7.40. The van der Waals surface area contributed by atoms with Gasteiger partial charge in [-0.15, -0.1) is 6.58 Å². The second-order valence-corrected chi connectivity index (χ2v) is 1.70. The summed E-state index contributed by atoms with van der Waals surface area (Å²) in [6, 6.07) is 1.01. The molecule has 0 aliphatic rings. The molecule has 0 aliphatic heterocycles. The van der Waals surface area contributed by atoms with Crippen LogP contribution in [0.1, 0.15) is 0 Å². The summed E-state index contributed by atoms with van der Waals surface area (Å²) in [6.45, 7) is 3.49. The van der Waals surface area contributed by atoms with E-state index in [1.807, 2.05) is 6.08 Å². The SMILES string of the molecule is C=CC[SiH]N. The molecule has 0 saturated carbocycles. The zero-order chi connectivity index (χ0) is 4.12. The van der Waals surface area contributed by atoms with E-state index in [9.17, 15) is 0 Å². The molecule has 1 nitrogen and oxygen atoms in total. The minimum atomic E-state index is 0.168. The molecule has 0 aromatic carbocycles. The molecule has 0 spiro atoms. The van der Waals surface area contributed by atoms with Crippen LogP contribution >= 0.6 is 0 Å². The van der Waals surface area contributed by atoms with Crippen molar-refractivity contribution in [2.24, 2.45) is 5.40 Å². The molecule has 0 atom stereocenters. The molecule has 5 heavy (non-hydrogen) atoms. The van der Waals surface area contributed by atoms with E-state index in [1.54, 1.807) is 0 Å². The number of allylic oxidation sites excluding steroid dienone is 1. The standard InChI is InChI=1S/C3H8NSi/c1-2-3-5-4/h2,5H,1,3-4H2. The lowest BCUT2D eigenvalue weighted by Crippen LogP contribution is -2.00. The molecule has 0 amide bonds. The summed E-state index contributed by atoms with van der Waals surface area (Å²) in [7, 11) is 0.168. The van der Waals surface area contributed by atoms with Crippen molar-refractivity contribution in [3.05, 3.63) is 12.7 Å². The Bertz CT molecular complexity index is 28.1. The Balaban J connectivity index is 2.40. The Morgan fingerprint density at radius 2 is 2.60 bits per heavy atom. The Labute approximate surface area is 34.8 Å². The van der Waals surface area contributed by atoms with Crippen molar-refractivity contribution in [1.82, 2.24) is 0 Å². The molecule has 29 valence electrons. The van der Waals surface area contributed by atoms with Crippen LogP contribution in [0.2, 0.25) is 6.04 Å². The van der Waals surface area contributed by atoms with Crippen LogP contribution in [0, 0.1) is 0 Å². The molecular weight excluding hydrogens is 78.1 g/mol. The van der Waals surface area contributed by atoms with E-state index in [-0.39, 0.29) is 9.68 Å². The predicted molar refractivity (Wildman–Crippen MR) is 26.3 cm³/mol. The van der Waals surface area contributed by atoms with E-state index in [1.165, 1.54) is 0 Å². The van der Waals surface area contributed by atoms with E-state index in [4.69, 9.17) is 5.40 Å². The average molecular weight is 86.2 g/mol. The van der Waals surface area contributed by atoms with Gasteiger partial charge in [0.25, 0.3) is 0 Å². The molecule has 0 rings (SSSR count). The van der Waals surface area contributed by atoms with Crippen LogP contribution in [0.3, 0.4) is 0 Å². The molecule has 2 N–H and O–H groups in total. The maximum Gasteiger partial charge on any atom is 0.114 e. The molecule has 1 radical (unpaired) electrons. The van der Waals surface area contributed by atoms with Gasteiger partial charge in [-0.2, -0.15) is 0 Å². The van der Waals surface area contributed by atoms with E-state index in [0.29, 0.717) is 0 Å². The first-order valence-electron chi connectivity index (χ1n) is 1.56. The second kappa shape index (κ2) is 3.92. The molecule has 0 aromatic rings. The number of nitrogens with two attached hydrogens (primary N) is 1. The van der Waals surface area contributed by atoms with Gasteiger partial charge in [0.05, 0.1) is 0 Å². The van der Waals surface area contributed by atoms with Crippen molar-refractivity contribution >= 4 is 9.68 Å². The minimum absolute atomic E-state index is 0.168. The average Bonchev–Trinajstić information content (AvgIpc) is 1.41. The number of rotatable bonds is 2. The predicted octanol–water partition coefficient (Wildman–Crippen LogP) is -0.0991. The summed E-state index contributed by atoms with van der Waals surface area (Å²) in [6.07, 6.45) is 1.84. The Kier molecular flexibility index (Phi) is 3.85. The summed E-state index contributed by atoms with van der Waals surface area (Å²) < 4.78 is 0. The summed E-state index contributed by atoms with van der Waals surface area (Å²) >= 11 is 0. The molecule has 0 saturated heterocycles. The lowest BCUT2D eigenvalue weighted by Gasteiger charge is -1.71. The topological polar surface area (TPSA) is 26.0 Å². The van der Waals surface area contributed by atoms with Crippen molar-refractivity contribution in [3.8, 4) is 0 Å². The third kappa shape index (κ3) is 3.92. The second-order valence-electron chi connectivity index (χ2n) is 0.760.